The summed E-state index contributed by atoms with van der Waals surface area (Å²) < 4.78 is 11.0. The molecule has 0 saturated carbocycles. The Morgan fingerprint density at radius 1 is 1.37 bits per heavy atom. The van der Waals surface area contributed by atoms with E-state index in [0.29, 0.717) is 24.2 Å². The zero-order chi connectivity index (χ0) is 13.2. The van der Waals surface area contributed by atoms with E-state index in [9.17, 15) is 0 Å². The number of hydrogen-bond acceptors (Lipinski definition) is 5. The van der Waals surface area contributed by atoms with Crippen LogP contribution in [0, 0.1) is 6.92 Å². The molecule has 5 nitrogen and oxygen atoms in total. The molecule has 0 aliphatic carbocycles. The zero-order valence-electron chi connectivity index (χ0n) is 11.1. The largest absolute Gasteiger partial charge is 0.493 e. The van der Waals surface area contributed by atoms with E-state index in [0.717, 1.165) is 12.4 Å². The highest BCUT2D eigenvalue weighted by Crippen LogP contribution is 2.35. The van der Waals surface area contributed by atoms with E-state index in [1.807, 2.05) is 12.1 Å². The first-order valence-corrected chi connectivity index (χ1v) is 6.48. The Balaban J connectivity index is 1.64. The molecule has 3 rings (SSSR count). The molecular weight excluding hydrogens is 242 g/mol. The molecule has 2 atom stereocenters. The van der Waals surface area contributed by atoms with Gasteiger partial charge in [-0.2, -0.15) is 0 Å². The van der Waals surface area contributed by atoms with Crippen molar-refractivity contribution in [3.8, 4) is 5.75 Å². The van der Waals surface area contributed by atoms with Crippen molar-refractivity contribution < 1.29 is 9.15 Å². The van der Waals surface area contributed by atoms with Gasteiger partial charge in [0, 0.05) is 24.4 Å². The number of benzene rings is 1. The van der Waals surface area contributed by atoms with Crippen LogP contribution in [0.15, 0.2) is 28.7 Å². The van der Waals surface area contributed by atoms with Gasteiger partial charge in [0.25, 0.3) is 0 Å². The summed E-state index contributed by atoms with van der Waals surface area (Å²) in [6.45, 7) is 5.25. The molecule has 1 aliphatic rings. The van der Waals surface area contributed by atoms with Gasteiger partial charge in [-0.15, -0.1) is 10.2 Å². The Morgan fingerprint density at radius 3 is 3.00 bits per heavy atom. The van der Waals surface area contributed by atoms with Gasteiger partial charge in [0.05, 0.1) is 13.2 Å². The first-order chi connectivity index (χ1) is 9.24. The van der Waals surface area contributed by atoms with Gasteiger partial charge in [0.1, 0.15) is 5.75 Å². The SMILES string of the molecule is Cc1nnc(CN[C@H](C)[C@H]2COc3ccccc32)o1. The lowest BCUT2D eigenvalue weighted by molar-refractivity contribution is 0.299. The fraction of sp³-hybridized carbons (Fsp3) is 0.429. The van der Waals surface area contributed by atoms with Crippen LogP contribution in [0.25, 0.3) is 0 Å². The number of nitrogens with zero attached hydrogens (tertiary/aromatic N) is 2. The van der Waals surface area contributed by atoms with Crippen LogP contribution in [0.3, 0.4) is 0 Å². The Labute approximate surface area is 112 Å². The maximum Gasteiger partial charge on any atom is 0.230 e. The lowest BCUT2D eigenvalue weighted by Crippen LogP contribution is -2.32. The normalized spacial score (nSPS) is 18.9. The summed E-state index contributed by atoms with van der Waals surface area (Å²) in [5.41, 5.74) is 1.27. The standard InChI is InChI=1S/C14H17N3O2/c1-9(15-7-14-17-16-10(2)19-14)12-8-18-13-6-4-3-5-11(12)13/h3-6,9,12,15H,7-8H2,1-2H3/t9-,12-/m1/s1. The van der Waals surface area contributed by atoms with Crippen LogP contribution in [-0.2, 0) is 6.54 Å². The van der Waals surface area contributed by atoms with Crippen LogP contribution in [0.5, 0.6) is 5.75 Å². The summed E-state index contributed by atoms with van der Waals surface area (Å²) in [6.07, 6.45) is 0. The van der Waals surface area contributed by atoms with Crippen molar-refractivity contribution in [3.05, 3.63) is 41.6 Å². The van der Waals surface area contributed by atoms with Gasteiger partial charge >= 0.3 is 0 Å². The van der Waals surface area contributed by atoms with E-state index in [-0.39, 0.29) is 6.04 Å². The Bertz CT molecular complexity index is 567. The van der Waals surface area contributed by atoms with Crippen molar-refractivity contribution in [2.75, 3.05) is 6.61 Å². The first-order valence-electron chi connectivity index (χ1n) is 6.48. The third-order valence-corrected chi connectivity index (χ3v) is 3.48. The van der Waals surface area contributed by atoms with Crippen molar-refractivity contribution >= 4 is 0 Å². The molecule has 5 heteroatoms. The van der Waals surface area contributed by atoms with Gasteiger partial charge in [-0.25, -0.2) is 0 Å². The molecule has 2 heterocycles. The molecule has 0 spiro atoms. The first kappa shape index (κ1) is 12.2. The third kappa shape index (κ3) is 2.46. The number of hydrogen-bond donors (Lipinski definition) is 1. The summed E-state index contributed by atoms with van der Waals surface area (Å²) in [6, 6.07) is 8.48. The number of aryl methyl sites for hydroxylation is 1. The third-order valence-electron chi connectivity index (χ3n) is 3.48. The summed E-state index contributed by atoms with van der Waals surface area (Å²) in [7, 11) is 0. The Hall–Kier alpha value is -1.88. The van der Waals surface area contributed by atoms with E-state index in [4.69, 9.17) is 9.15 Å². The van der Waals surface area contributed by atoms with Crippen molar-refractivity contribution in [3.63, 3.8) is 0 Å². The van der Waals surface area contributed by atoms with Gasteiger partial charge in [-0.3, -0.25) is 0 Å². The number of rotatable bonds is 4. The van der Waals surface area contributed by atoms with Gasteiger partial charge in [-0.05, 0) is 13.0 Å². The summed E-state index contributed by atoms with van der Waals surface area (Å²) in [4.78, 5) is 0. The van der Waals surface area contributed by atoms with Crippen molar-refractivity contribution in [1.29, 1.82) is 0 Å². The minimum atomic E-state index is 0.288. The Kier molecular flexibility index (Phi) is 3.21. The van der Waals surface area contributed by atoms with Crippen LogP contribution < -0.4 is 10.1 Å². The monoisotopic (exact) mass is 259 g/mol. The number of aromatic nitrogens is 2. The second kappa shape index (κ2) is 5.01. The highest BCUT2D eigenvalue weighted by molar-refractivity contribution is 5.40. The zero-order valence-corrected chi connectivity index (χ0v) is 11.1. The maximum atomic E-state index is 5.70. The molecule has 0 fully saturated rings. The summed E-state index contributed by atoms with van der Waals surface area (Å²) in [5.74, 6) is 2.57. The van der Waals surface area contributed by atoms with Gasteiger partial charge in [-0.1, -0.05) is 18.2 Å². The number of ether oxygens (including phenoxy) is 1. The van der Waals surface area contributed by atoms with Crippen LogP contribution in [0.4, 0.5) is 0 Å². The minimum absolute atomic E-state index is 0.288. The fourth-order valence-electron chi connectivity index (χ4n) is 2.40. The molecular formula is C14H17N3O2. The van der Waals surface area contributed by atoms with Crippen LogP contribution >= 0.6 is 0 Å². The van der Waals surface area contributed by atoms with E-state index < -0.39 is 0 Å². The molecule has 0 bridgehead atoms. The molecule has 1 N–H and O–H groups in total. The van der Waals surface area contributed by atoms with Crippen LogP contribution in [0.1, 0.15) is 30.2 Å². The highest BCUT2D eigenvalue weighted by Gasteiger charge is 2.28. The molecule has 1 aromatic carbocycles. The van der Waals surface area contributed by atoms with Crippen LogP contribution in [-0.4, -0.2) is 22.8 Å². The van der Waals surface area contributed by atoms with E-state index >= 15 is 0 Å². The number of para-hydroxylation sites is 1. The van der Waals surface area contributed by atoms with Crippen molar-refractivity contribution in [2.24, 2.45) is 0 Å². The molecule has 2 aromatic rings. The Morgan fingerprint density at radius 2 is 2.21 bits per heavy atom. The molecule has 0 unspecified atom stereocenters. The van der Waals surface area contributed by atoms with Gasteiger partial charge in [0.2, 0.25) is 11.8 Å². The van der Waals surface area contributed by atoms with Crippen LogP contribution in [0.2, 0.25) is 0 Å². The van der Waals surface area contributed by atoms with E-state index in [1.165, 1.54) is 5.56 Å². The van der Waals surface area contributed by atoms with Gasteiger partial charge < -0.3 is 14.5 Å². The predicted molar refractivity (Wildman–Crippen MR) is 70.0 cm³/mol. The second-order valence-electron chi connectivity index (χ2n) is 4.84. The van der Waals surface area contributed by atoms with Crippen molar-refractivity contribution in [2.45, 2.75) is 32.4 Å². The highest BCUT2D eigenvalue weighted by atomic mass is 16.5. The predicted octanol–water partition coefficient (Wildman–Crippen LogP) is 2.03. The number of nitrogens with one attached hydrogen (secondary N) is 1. The summed E-state index contributed by atoms with van der Waals surface area (Å²) >= 11 is 0. The maximum absolute atomic E-state index is 5.70. The molecule has 1 aliphatic heterocycles. The number of fused-ring (bicyclic) bond motifs is 1. The smallest absolute Gasteiger partial charge is 0.230 e. The topological polar surface area (TPSA) is 60.2 Å². The van der Waals surface area contributed by atoms with Crippen molar-refractivity contribution in [1.82, 2.24) is 15.5 Å². The molecule has 0 saturated heterocycles. The van der Waals surface area contributed by atoms with E-state index in [2.05, 4.69) is 34.6 Å². The van der Waals surface area contributed by atoms with Gasteiger partial charge in [0.15, 0.2) is 0 Å². The van der Waals surface area contributed by atoms with E-state index in [1.54, 1.807) is 6.92 Å². The average Bonchev–Trinajstić information content (AvgIpc) is 3.02. The minimum Gasteiger partial charge on any atom is -0.493 e. The lowest BCUT2D eigenvalue weighted by Gasteiger charge is -2.18. The fourth-order valence-corrected chi connectivity index (χ4v) is 2.40. The second-order valence-corrected chi connectivity index (χ2v) is 4.84. The average molecular weight is 259 g/mol. The molecule has 0 amide bonds. The quantitative estimate of drug-likeness (QED) is 0.910. The molecule has 1 aromatic heterocycles. The molecule has 19 heavy (non-hydrogen) atoms. The molecule has 100 valence electrons. The summed E-state index contributed by atoms with van der Waals surface area (Å²) in [5, 5.41) is 11.2. The molecule has 0 radical (unpaired) electrons. The lowest BCUT2D eigenvalue weighted by atomic mass is 9.94.